The fraction of sp³-hybridized carbons (Fsp3) is 0.942. The molecule has 0 aliphatic rings. The molecular weight excluding hydrogens is 1160 g/mol. The predicted molar refractivity (Wildman–Crippen MR) is 354 cm³/mol. The van der Waals surface area contributed by atoms with Gasteiger partial charge in [0.05, 0.1) is 26.4 Å². The highest BCUT2D eigenvalue weighted by atomic mass is 31.2. The largest absolute Gasteiger partial charge is 0.472 e. The van der Waals surface area contributed by atoms with E-state index in [-0.39, 0.29) is 25.7 Å². The Balaban J connectivity index is 5.18. The lowest BCUT2D eigenvalue weighted by Crippen LogP contribution is -2.30. The van der Waals surface area contributed by atoms with Crippen LogP contribution in [0, 0.1) is 5.92 Å². The van der Waals surface area contributed by atoms with E-state index in [1.807, 2.05) is 0 Å². The van der Waals surface area contributed by atoms with Gasteiger partial charge in [0, 0.05) is 25.7 Å². The number of hydrogen-bond acceptors (Lipinski definition) is 15. The van der Waals surface area contributed by atoms with Crippen molar-refractivity contribution in [2.45, 2.75) is 374 Å². The van der Waals surface area contributed by atoms with Crippen LogP contribution in [0.3, 0.4) is 0 Å². The Morgan fingerprint density at radius 1 is 0.318 bits per heavy atom. The number of carbonyl (C=O) groups excluding carboxylic acids is 4. The number of aliphatic hydroxyl groups excluding tert-OH is 1. The third kappa shape index (κ3) is 61.6. The zero-order valence-electron chi connectivity index (χ0n) is 56.9. The number of rotatable bonds is 69. The van der Waals surface area contributed by atoms with Gasteiger partial charge in [0.1, 0.15) is 19.3 Å². The van der Waals surface area contributed by atoms with Crippen LogP contribution in [0.15, 0.2) is 0 Å². The van der Waals surface area contributed by atoms with Gasteiger partial charge in [-0.05, 0) is 31.6 Å². The van der Waals surface area contributed by atoms with Crippen molar-refractivity contribution in [3.63, 3.8) is 0 Å². The zero-order valence-corrected chi connectivity index (χ0v) is 58.6. The van der Waals surface area contributed by atoms with Gasteiger partial charge in [-0.25, -0.2) is 9.13 Å². The Morgan fingerprint density at radius 3 is 0.807 bits per heavy atom. The summed E-state index contributed by atoms with van der Waals surface area (Å²) in [6.45, 7) is 7.21. The van der Waals surface area contributed by atoms with Crippen LogP contribution in [0.4, 0.5) is 0 Å². The molecule has 0 bridgehead atoms. The number of ether oxygens (including phenoxy) is 4. The summed E-state index contributed by atoms with van der Waals surface area (Å²) in [7, 11) is -9.89. The van der Waals surface area contributed by atoms with Crippen LogP contribution < -0.4 is 0 Å². The molecule has 0 spiro atoms. The topological polar surface area (TPSA) is 237 Å². The number of aliphatic hydroxyl groups is 1. The van der Waals surface area contributed by atoms with Gasteiger partial charge < -0.3 is 33.8 Å². The third-order valence-corrected chi connectivity index (χ3v) is 18.3. The lowest BCUT2D eigenvalue weighted by molar-refractivity contribution is -0.161. The standard InChI is InChI=1S/C69H134O17P2/c1-6-10-13-16-19-22-23-24-25-26-27-28-29-30-35-40-45-50-55-69(74)86-65(59-80-67(72)53-48-43-39-34-32-31-33-36-41-46-51-62(5)9-4)61-84-88(77,78)82-57-63(70)56-81-87(75,76)83-60-64(85-68(73)54-49-44-38-21-18-15-12-8-3)58-79-66(71)52-47-42-37-20-17-14-11-7-2/h62-65,70H,6-61H2,1-5H3,(H,75,76)(H,77,78)/t62?,63-,64+,65+/m0/s1. The minimum atomic E-state index is -4.95. The first kappa shape index (κ1) is 86.1. The maximum Gasteiger partial charge on any atom is 0.472 e. The first-order chi connectivity index (χ1) is 42.6. The molecule has 0 saturated carbocycles. The summed E-state index contributed by atoms with van der Waals surface area (Å²) < 4.78 is 68.1. The van der Waals surface area contributed by atoms with Crippen molar-refractivity contribution in [1.82, 2.24) is 0 Å². The molecule has 0 aromatic carbocycles. The second-order valence-corrected chi connectivity index (χ2v) is 28.1. The molecule has 3 unspecified atom stereocenters. The Kier molecular flexibility index (Phi) is 61.1. The van der Waals surface area contributed by atoms with E-state index in [9.17, 15) is 43.2 Å². The van der Waals surface area contributed by atoms with Crippen molar-refractivity contribution in [2.24, 2.45) is 5.92 Å². The number of unbranched alkanes of at least 4 members (excludes halogenated alkanes) is 40. The minimum absolute atomic E-state index is 0.105. The molecule has 0 radical (unpaired) electrons. The Hall–Kier alpha value is -1.94. The van der Waals surface area contributed by atoms with Crippen LogP contribution in [0.5, 0.6) is 0 Å². The van der Waals surface area contributed by atoms with Crippen LogP contribution in [0.25, 0.3) is 0 Å². The third-order valence-electron chi connectivity index (χ3n) is 16.4. The van der Waals surface area contributed by atoms with Gasteiger partial charge in [0.25, 0.3) is 0 Å². The second kappa shape index (κ2) is 62.5. The number of phosphoric acid groups is 2. The SMILES string of the molecule is CCCCCCCCCCCCCCCCCCCCC(=O)O[C@H](COC(=O)CCCCCCCCCCCCC(C)CC)COP(=O)(O)OC[C@@H](O)COP(=O)(O)OC[C@@H](COC(=O)CCCCCCCCCC)OC(=O)CCCCCCCCCC. The van der Waals surface area contributed by atoms with E-state index in [1.165, 1.54) is 167 Å². The lowest BCUT2D eigenvalue weighted by Gasteiger charge is -2.21. The fourth-order valence-corrected chi connectivity index (χ4v) is 12.0. The fourth-order valence-electron chi connectivity index (χ4n) is 10.4. The van der Waals surface area contributed by atoms with E-state index in [0.717, 1.165) is 109 Å². The molecule has 0 amide bonds. The van der Waals surface area contributed by atoms with Crippen molar-refractivity contribution in [3.8, 4) is 0 Å². The molecule has 0 aliphatic heterocycles. The van der Waals surface area contributed by atoms with E-state index in [0.29, 0.717) is 25.7 Å². The predicted octanol–water partition coefficient (Wildman–Crippen LogP) is 19.7. The van der Waals surface area contributed by atoms with Gasteiger partial charge in [-0.1, -0.05) is 304 Å². The smallest absolute Gasteiger partial charge is 0.462 e. The maximum atomic E-state index is 13.0. The quantitative estimate of drug-likeness (QED) is 0.0222. The lowest BCUT2D eigenvalue weighted by atomic mass is 9.99. The molecule has 17 nitrogen and oxygen atoms in total. The Labute approximate surface area is 537 Å². The second-order valence-electron chi connectivity index (χ2n) is 25.2. The Morgan fingerprint density at radius 2 is 0.545 bits per heavy atom. The van der Waals surface area contributed by atoms with Crippen LogP contribution >= 0.6 is 15.6 Å². The van der Waals surface area contributed by atoms with Crippen LogP contribution in [0.1, 0.15) is 356 Å². The molecule has 0 saturated heterocycles. The molecule has 3 N–H and O–H groups in total. The summed E-state index contributed by atoms with van der Waals surface area (Å²) in [4.78, 5) is 72.3. The molecule has 0 aromatic rings. The number of carbonyl (C=O) groups is 4. The molecule has 0 aliphatic carbocycles. The van der Waals surface area contributed by atoms with E-state index in [4.69, 9.17) is 37.0 Å². The van der Waals surface area contributed by atoms with Gasteiger partial charge >= 0.3 is 39.5 Å². The van der Waals surface area contributed by atoms with Crippen molar-refractivity contribution in [1.29, 1.82) is 0 Å². The normalized spacial score (nSPS) is 14.4. The number of esters is 4. The van der Waals surface area contributed by atoms with Gasteiger partial charge in [-0.2, -0.15) is 0 Å². The van der Waals surface area contributed by atoms with Crippen LogP contribution in [-0.2, 0) is 65.4 Å². The summed E-state index contributed by atoms with van der Waals surface area (Å²) in [6, 6.07) is 0. The number of hydrogen-bond donors (Lipinski definition) is 3. The van der Waals surface area contributed by atoms with Crippen molar-refractivity contribution in [3.05, 3.63) is 0 Å². The van der Waals surface area contributed by atoms with Crippen LogP contribution in [0.2, 0.25) is 0 Å². The first-order valence-electron chi connectivity index (χ1n) is 36.2. The highest BCUT2D eigenvalue weighted by Gasteiger charge is 2.30. The van der Waals surface area contributed by atoms with Gasteiger partial charge in [-0.15, -0.1) is 0 Å². The Bertz CT molecular complexity index is 1710. The summed E-state index contributed by atoms with van der Waals surface area (Å²) in [5.74, 6) is -1.32. The molecule has 522 valence electrons. The van der Waals surface area contributed by atoms with E-state index >= 15 is 0 Å². The average molecular weight is 1300 g/mol. The molecule has 0 fully saturated rings. The highest BCUT2D eigenvalue weighted by molar-refractivity contribution is 7.47. The minimum Gasteiger partial charge on any atom is -0.462 e. The van der Waals surface area contributed by atoms with E-state index < -0.39 is 97.5 Å². The van der Waals surface area contributed by atoms with Crippen molar-refractivity contribution < 1.29 is 80.2 Å². The molecular formula is C69H134O17P2. The summed E-state index contributed by atoms with van der Waals surface area (Å²) in [5, 5.41) is 10.6. The monoisotopic (exact) mass is 1300 g/mol. The molecule has 0 aromatic heterocycles. The van der Waals surface area contributed by atoms with E-state index in [2.05, 4.69) is 34.6 Å². The van der Waals surface area contributed by atoms with Gasteiger partial charge in [0.15, 0.2) is 12.2 Å². The summed E-state index contributed by atoms with van der Waals surface area (Å²) in [5.41, 5.74) is 0. The maximum absolute atomic E-state index is 13.0. The number of phosphoric ester groups is 2. The van der Waals surface area contributed by atoms with Crippen molar-refractivity contribution >= 4 is 39.5 Å². The molecule has 0 heterocycles. The zero-order chi connectivity index (χ0) is 64.9. The van der Waals surface area contributed by atoms with Gasteiger partial charge in [0.2, 0.25) is 0 Å². The molecule has 88 heavy (non-hydrogen) atoms. The molecule has 0 rings (SSSR count). The highest BCUT2D eigenvalue weighted by Crippen LogP contribution is 2.45. The molecule has 19 heteroatoms. The van der Waals surface area contributed by atoms with E-state index in [1.54, 1.807) is 0 Å². The van der Waals surface area contributed by atoms with Crippen molar-refractivity contribution in [2.75, 3.05) is 39.6 Å². The van der Waals surface area contributed by atoms with Crippen LogP contribution in [-0.4, -0.2) is 96.7 Å². The summed E-state index contributed by atoms with van der Waals surface area (Å²) in [6.07, 6.45) is 48.7. The average Bonchev–Trinajstić information content (AvgIpc) is 3.70. The first-order valence-corrected chi connectivity index (χ1v) is 39.2. The summed E-state index contributed by atoms with van der Waals surface area (Å²) >= 11 is 0. The molecule has 6 atom stereocenters. The van der Waals surface area contributed by atoms with Gasteiger partial charge in [-0.3, -0.25) is 37.3 Å².